The molecule has 0 aromatic heterocycles. The molecule has 0 saturated heterocycles. The Hall–Kier alpha value is -0.470. The summed E-state index contributed by atoms with van der Waals surface area (Å²) in [7, 11) is 0. The molecule has 0 atom stereocenters. The highest BCUT2D eigenvalue weighted by atomic mass is 32.1. The van der Waals surface area contributed by atoms with Gasteiger partial charge in [0.2, 0.25) is 0 Å². The molecule has 2 heteroatoms. The van der Waals surface area contributed by atoms with Gasteiger partial charge in [0.25, 0.3) is 0 Å². The van der Waals surface area contributed by atoms with E-state index in [0.717, 1.165) is 12.1 Å². The molecule has 0 fully saturated rings. The van der Waals surface area contributed by atoms with Gasteiger partial charge in [0.05, 0.1) is 0 Å². The van der Waals surface area contributed by atoms with E-state index in [-0.39, 0.29) is 0 Å². The normalized spacial score (nSPS) is 12.4. The molecule has 56 valence electrons. The molecular weight excluding hydrogens is 142 g/mol. The summed E-state index contributed by atoms with van der Waals surface area (Å²) in [5.74, 6) is 0. The van der Waals surface area contributed by atoms with Crippen LogP contribution in [0.2, 0.25) is 0 Å². The molecule has 0 heterocycles. The topological polar surface area (TPSA) is 12.0 Å². The van der Waals surface area contributed by atoms with Gasteiger partial charge in [0, 0.05) is 6.54 Å². The summed E-state index contributed by atoms with van der Waals surface area (Å²) < 4.78 is 2.75. The lowest BCUT2D eigenvalue weighted by Gasteiger charge is -1.95. The Labute approximate surface area is 68.1 Å². The minimum absolute atomic E-state index is 0.747. The Kier molecular flexibility index (Phi) is 6.33. The lowest BCUT2D eigenvalue weighted by atomic mass is 10.2. The average Bonchev–Trinajstić information content (AvgIpc) is 1.98. The molecule has 0 radical (unpaired) electrons. The van der Waals surface area contributed by atoms with E-state index in [4.69, 9.17) is 0 Å². The number of hydrogen-bond donors (Lipinski definition) is 2. The molecule has 0 unspecified atom stereocenters. The van der Waals surface area contributed by atoms with Crippen LogP contribution in [0.15, 0.2) is 36.5 Å². The molecule has 0 spiro atoms. The summed E-state index contributed by atoms with van der Waals surface area (Å²) in [6.07, 6.45) is 7.75. The van der Waals surface area contributed by atoms with Crippen molar-refractivity contribution < 1.29 is 0 Å². The maximum Gasteiger partial charge on any atom is 0.0307 e. The van der Waals surface area contributed by atoms with Crippen LogP contribution in [0.5, 0.6) is 0 Å². The van der Waals surface area contributed by atoms with Gasteiger partial charge in [-0.15, -0.1) is 0 Å². The second-order valence-corrected chi connectivity index (χ2v) is 2.12. The largest absolute Gasteiger partial charge is 0.262 e. The first-order valence-electron chi connectivity index (χ1n) is 3.16. The van der Waals surface area contributed by atoms with Gasteiger partial charge in [0.1, 0.15) is 0 Å². The minimum Gasteiger partial charge on any atom is -0.262 e. The molecule has 0 aliphatic rings. The molecule has 1 N–H and O–H groups in total. The van der Waals surface area contributed by atoms with Crippen LogP contribution in [-0.4, -0.2) is 6.54 Å². The Morgan fingerprint density at radius 1 is 1.70 bits per heavy atom. The van der Waals surface area contributed by atoms with Crippen molar-refractivity contribution in [3.05, 3.63) is 36.5 Å². The van der Waals surface area contributed by atoms with E-state index in [9.17, 15) is 0 Å². The highest BCUT2D eigenvalue weighted by Gasteiger charge is 1.84. The molecule has 10 heavy (non-hydrogen) atoms. The molecule has 0 saturated carbocycles. The lowest BCUT2D eigenvalue weighted by Crippen LogP contribution is -2.02. The van der Waals surface area contributed by atoms with Crippen molar-refractivity contribution in [2.75, 3.05) is 6.54 Å². The highest BCUT2D eigenvalue weighted by molar-refractivity contribution is 7.78. The summed E-state index contributed by atoms with van der Waals surface area (Å²) in [5, 5.41) is 0. The van der Waals surface area contributed by atoms with E-state index in [0.29, 0.717) is 0 Å². The molecule has 0 amide bonds. The second-order valence-electron chi connectivity index (χ2n) is 1.81. The third kappa shape index (κ3) is 4.41. The van der Waals surface area contributed by atoms with Crippen LogP contribution in [-0.2, 0) is 0 Å². The Balaban J connectivity index is 3.90. The second kappa shape index (κ2) is 6.65. The van der Waals surface area contributed by atoms with Gasteiger partial charge < -0.3 is 0 Å². The predicted octanol–water partition coefficient (Wildman–Crippen LogP) is 2.11. The van der Waals surface area contributed by atoms with Crippen LogP contribution in [0.4, 0.5) is 0 Å². The maximum atomic E-state index is 3.87. The highest BCUT2D eigenvalue weighted by Crippen LogP contribution is 1.94. The summed E-state index contributed by atoms with van der Waals surface area (Å²) in [6.45, 7) is 6.38. The summed E-state index contributed by atoms with van der Waals surface area (Å²) in [5.41, 5.74) is 1.13. The zero-order valence-electron chi connectivity index (χ0n) is 6.17. The average molecular weight is 155 g/mol. The van der Waals surface area contributed by atoms with E-state index in [1.807, 2.05) is 31.2 Å². The van der Waals surface area contributed by atoms with Crippen LogP contribution in [0, 0.1) is 0 Å². The Bertz CT molecular complexity index is 147. The lowest BCUT2D eigenvalue weighted by molar-refractivity contribution is 1.09. The molecule has 0 aromatic carbocycles. The number of nitrogens with one attached hydrogen (secondary N) is 1. The van der Waals surface area contributed by atoms with Crippen molar-refractivity contribution in [2.24, 2.45) is 0 Å². The minimum atomic E-state index is 0.747. The molecular formula is C8H13NS. The van der Waals surface area contributed by atoms with Crippen molar-refractivity contribution in [3.63, 3.8) is 0 Å². The van der Waals surface area contributed by atoms with Crippen LogP contribution in [0.25, 0.3) is 0 Å². The third-order valence-electron chi connectivity index (χ3n) is 1.05. The van der Waals surface area contributed by atoms with E-state index < -0.39 is 0 Å². The van der Waals surface area contributed by atoms with Gasteiger partial charge in [-0.3, -0.25) is 4.72 Å². The van der Waals surface area contributed by atoms with Crippen LogP contribution >= 0.6 is 12.8 Å². The first-order valence-corrected chi connectivity index (χ1v) is 3.61. The fraction of sp³-hybridized carbons (Fsp3) is 0.250. The van der Waals surface area contributed by atoms with Crippen molar-refractivity contribution in [3.8, 4) is 0 Å². The first-order chi connectivity index (χ1) is 4.85. The number of hydrogen-bond acceptors (Lipinski definition) is 2. The van der Waals surface area contributed by atoms with E-state index >= 15 is 0 Å². The summed E-state index contributed by atoms with van der Waals surface area (Å²) >= 11 is 3.87. The fourth-order valence-electron chi connectivity index (χ4n) is 0.510. The fourth-order valence-corrected chi connectivity index (χ4v) is 0.693. The Morgan fingerprint density at radius 3 is 2.80 bits per heavy atom. The monoisotopic (exact) mass is 155 g/mol. The smallest absolute Gasteiger partial charge is 0.0307 e. The van der Waals surface area contributed by atoms with Gasteiger partial charge in [-0.1, -0.05) is 43.7 Å². The maximum absolute atomic E-state index is 3.87. The molecule has 0 aromatic rings. The van der Waals surface area contributed by atoms with Crippen molar-refractivity contribution >= 4 is 12.8 Å². The van der Waals surface area contributed by atoms with Crippen LogP contribution in [0.1, 0.15) is 6.92 Å². The number of allylic oxidation sites excluding steroid dienone is 3. The zero-order valence-corrected chi connectivity index (χ0v) is 7.07. The van der Waals surface area contributed by atoms with Gasteiger partial charge in [0.15, 0.2) is 0 Å². The summed E-state index contributed by atoms with van der Waals surface area (Å²) in [4.78, 5) is 0. The van der Waals surface area contributed by atoms with Gasteiger partial charge in [-0.25, -0.2) is 0 Å². The van der Waals surface area contributed by atoms with Gasteiger partial charge in [-0.05, 0) is 12.5 Å². The van der Waals surface area contributed by atoms with Crippen molar-refractivity contribution in [1.29, 1.82) is 0 Å². The molecule has 1 nitrogen and oxygen atoms in total. The molecule has 0 aliphatic heterocycles. The number of thiol groups is 1. The zero-order chi connectivity index (χ0) is 7.82. The molecule has 0 bridgehead atoms. The van der Waals surface area contributed by atoms with E-state index in [1.165, 1.54) is 0 Å². The first kappa shape index (κ1) is 9.53. The standard InChI is InChI=1S/C8H13NS/c1-3-5-6-8(4-2)7-9-10/h3-6,9-10H,2,7H2,1H3/b5-3-,8-6+. The molecule has 0 rings (SSSR count). The third-order valence-corrected chi connectivity index (χ3v) is 1.21. The van der Waals surface area contributed by atoms with Crippen molar-refractivity contribution in [1.82, 2.24) is 4.72 Å². The van der Waals surface area contributed by atoms with Gasteiger partial charge in [-0.2, -0.15) is 0 Å². The van der Waals surface area contributed by atoms with E-state index in [1.54, 1.807) is 0 Å². The number of rotatable bonds is 4. The van der Waals surface area contributed by atoms with Crippen LogP contribution in [0.3, 0.4) is 0 Å². The molecule has 0 aliphatic carbocycles. The predicted molar refractivity (Wildman–Crippen MR) is 50.1 cm³/mol. The SMILES string of the molecule is C=C/C(=C\C=C/C)CNS. The van der Waals surface area contributed by atoms with E-state index in [2.05, 4.69) is 24.1 Å². The quantitative estimate of drug-likeness (QED) is 0.468. The van der Waals surface area contributed by atoms with Crippen molar-refractivity contribution in [2.45, 2.75) is 6.92 Å². The Morgan fingerprint density at radius 2 is 2.40 bits per heavy atom. The van der Waals surface area contributed by atoms with Gasteiger partial charge >= 0.3 is 0 Å². The summed E-state index contributed by atoms with van der Waals surface area (Å²) in [6, 6.07) is 0. The van der Waals surface area contributed by atoms with Crippen LogP contribution < -0.4 is 4.72 Å².